The van der Waals surface area contributed by atoms with Crippen molar-refractivity contribution < 1.29 is 9.90 Å². The summed E-state index contributed by atoms with van der Waals surface area (Å²) in [4.78, 5) is 22.1. The number of fused-ring (bicyclic) bond motifs is 1. The van der Waals surface area contributed by atoms with E-state index in [1.165, 1.54) is 0 Å². The fourth-order valence-electron chi connectivity index (χ4n) is 2.68. The zero-order valence-corrected chi connectivity index (χ0v) is 9.81. The molecule has 6 heteroatoms. The summed E-state index contributed by atoms with van der Waals surface area (Å²) in [6.45, 7) is 0. The second kappa shape index (κ2) is 3.97. The van der Waals surface area contributed by atoms with Gasteiger partial charge >= 0.3 is 5.97 Å². The summed E-state index contributed by atoms with van der Waals surface area (Å²) in [6.07, 6.45) is 6.03. The molecule has 2 aromatic heterocycles. The van der Waals surface area contributed by atoms with E-state index in [0.717, 1.165) is 36.8 Å². The summed E-state index contributed by atoms with van der Waals surface area (Å²) in [5.41, 5.74) is 7.80. The molecule has 18 heavy (non-hydrogen) atoms. The molecule has 1 saturated carbocycles. The molecule has 1 aliphatic rings. The summed E-state index contributed by atoms with van der Waals surface area (Å²) < 4.78 is 0. The minimum atomic E-state index is -1.11. The maximum absolute atomic E-state index is 11.0. The van der Waals surface area contributed by atoms with E-state index in [4.69, 9.17) is 10.8 Å². The largest absolute Gasteiger partial charge is 0.475 e. The molecule has 0 aliphatic heterocycles. The number of hydrogen-bond donors (Lipinski definition) is 3. The molecule has 4 N–H and O–H groups in total. The molecule has 0 amide bonds. The number of carboxylic acids is 1. The normalized spacial score (nSPS) is 16.4. The van der Waals surface area contributed by atoms with Crippen LogP contribution in [-0.2, 0) is 0 Å². The van der Waals surface area contributed by atoms with Gasteiger partial charge in [0, 0.05) is 12.1 Å². The Balaban J connectivity index is 2.24. The van der Waals surface area contributed by atoms with Gasteiger partial charge in [0.2, 0.25) is 5.82 Å². The maximum Gasteiger partial charge on any atom is 0.374 e. The molecule has 1 aliphatic carbocycles. The number of nitrogens with one attached hydrogen (secondary N) is 1. The molecular weight excluding hydrogens is 232 g/mol. The van der Waals surface area contributed by atoms with E-state index >= 15 is 0 Å². The highest BCUT2D eigenvalue weighted by Crippen LogP contribution is 2.37. The second-order valence-electron chi connectivity index (χ2n) is 4.69. The first-order valence-corrected chi connectivity index (χ1v) is 6.04. The summed E-state index contributed by atoms with van der Waals surface area (Å²) in [5.74, 6) is -0.970. The van der Waals surface area contributed by atoms with E-state index in [-0.39, 0.29) is 5.82 Å². The van der Waals surface area contributed by atoms with E-state index in [1.807, 2.05) is 0 Å². The third-order valence-electron chi connectivity index (χ3n) is 3.52. The number of H-pyrrole nitrogens is 1. The molecule has 3 rings (SSSR count). The van der Waals surface area contributed by atoms with Gasteiger partial charge in [-0.3, -0.25) is 0 Å². The van der Waals surface area contributed by atoms with Crippen molar-refractivity contribution in [2.75, 3.05) is 5.73 Å². The van der Waals surface area contributed by atoms with Crippen LogP contribution < -0.4 is 5.73 Å². The van der Waals surface area contributed by atoms with Gasteiger partial charge in [-0.15, -0.1) is 0 Å². The average molecular weight is 246 g/mol. The number of nitrogen functional groups attached to an aromatic ring is 1. The molecule has 0 spiro atoms. The van der Waals surface area contributed by atoms with Gasteiger partial charge < -0.3 is 15.8 Å². The van der Waals surface area contributed by atoms with Crippen LogP contribution in [0.3, 0.4) is 0 Å². The summed E-state index contributed by atoms with van der Waals surface area (Å²) >= 11 is 0. The number of nitrogens with two attached hydrogens (primary N) is 1. The summed E-state index contributed by atoms with van der Waals surface area (Å²) in [5, 5.41) is 9.83. The highest BCUT2D eigenvalue weighted by Gasteiger charge is 2.24. The van der Waals surface area contributed by atoms with Crippen LogP contribution in [0, 0.1) is 0 Å². The number of aromatic carboxylic acids is 1. The highest BCUT2D eigenvalue weighted by atomic mass is 16.4. The van der Waals surface area contributed by atoms with E-state index in [1.54, 1.807) is 6.20 Å². The summed E-state index contributed by atoms with van der Waals surface area (Å²) in [7, 11) is 0. The topological polar surface area (TPSA) is 105 Å². The van der Waals surface area contributed by atoms with Crippen LogP contribution in [0.5, 0.6) is 0 Å². The standard InChI is InChI=1S/C12H14N4O2/c13-7-5-14-10-8(7)9(6-3-1-2-4-6)15-11(16-10)12(17)18/h5-6H,1-4,13H2,(H,17,18)(H,14,15,16). The first-order valence-electron chi connectivity index (χ1n) is 6.04. The number of aromatic amines is 1. The second-order valence-corrected chi connectivity index (χ2v) is 4.69. The molecule has 0 aromatic carbocycles. The van der Waals surface area contributed by atoms with Gasteiger partial charge in [0.15, 0.2) is 0 Å². The molecule has 2 aromatic rings. The van der Waals surface area contributed by atoms with Crippen molar-refractivity contribution in [1.29, 1.82) is 0 Å². The number of carbonyl (C=O) groups is 1. The Bertz CT molecular complexity index is 614. The van der Waals surface area contributed by atoms with Crippen molar-refractivity contribution >= 4 is 22.7 Å². The van der Waals surface area contributed by atoms with E-state index < -0.39 is 5.97 Å². The van der Waals surface area contributed by atoms with E-state index in [2.05, 4.69) is 15.0 Å². The Morgan fingerprint density at radius 1 is 1.39 bits per heavy atom. The molecular formula is C12H14N4O2. The van der Waals surface area contributed by atoms with E-state index in [9.17, 15) is 4.79 Å². The highest BCUT2D eigenvalue weighted by molar-refractivity contribution is 5.94. The van der Waals surface area contributed by atoms with Crippen molar-refractivity contribution in [2.45, 2.75) is 31.6 Å². The van der Waals surface area contributed by atoms with Crippen LogP contribution in [0.2, 0.25) is 0 Å². The van der Waals surface area contributed by atoms with Gasteiger partial charge in [0.1, 0.15) is 5.65 Å². The lowest BCUT2D eigenvalue weighted by atomic mass is 10.0. The molecule has 0 radical (unpaired) electrons. The van der Waals surface area contributed by atoms with Crippen molar-refractivity contribution in [3.63, 3.8) is 0 Å². The summed E-state index contributed by atoms with van der Waals surface area (Å²) in [6, 6.07) is 0. The number of rotatable bonds is 2. The number of aromatic nitrogens is 3. The van der Waals surface area contributed by atoms with Crippen LogP contribution in [0.25, 0.3) is 11.0 Å². The molecule has 0 saturated heterocycles. The van der Waals surface area contributed by atoms with Crippen molar-refractivity contribution in [2.24, 2.45) is 0 Å². The Labute approximate surface area is 103 Å². The Morgan fingerprint density at radius 2 is 2.11 bits per heavy atom. The minimum absolute atomic E-state index is 0.161. The first kappa shape index (κ1) is 11.0. The third kappa shape index (κ3) is 1.61. The average Bonchev–Trinajstić information content (AvgIpc) is 2.98. The van der Waals surface area contributed by atoms with Gasteiger partial charge in [0.05, 0.1) is 16.8 Å². The van der Waals surface area contributed by atoms with Gasteiger partial charge in [0.25, 0.3) is 0 Å². The lowest BCUT2D eigenvalue weighted by Crippen LogP contribution is -2.09. The predicted octanol–water partition coefficient (Wildman–Crippen LogP) is 1.90. The molecule has 2 heterocycles. The minimum Gasteiger partial charge on any atom is -0.475 e. The molecule has 0 bridgehead atoms. The SMILES string of the molecule is Nc1c[nH]c2nc(C(=O)O)nc(C3CCCC3)c12. The first-order chi connectivity index (χ1) is 8.66. The number of hydrogen-bond acceptors (Lipinski definition) is 4. The molecule has 0 unspecified atom stereocenters. The Morgan fingerprint density at radius 3 is 2.78 bits per heavy atom. The predicted molar refractivity (Wildman–Crippen MR) is 66.5 cm³/mol. The number of nitrogens with zero attached hydrogens (tertiary/aromatic N) is 2. The monoisotopic (exact) mass is 246 g/mol. The van der Waals surface area contributed by atoms with Crippen molar-refractivity contribution in [1.82, 2.24) is 15.0 Å². The zero-order chi connectivity index (χ0) is 12.7. The number of anilines is 1. The van der Waals surface area contributed by atoms with Crippen LogP contribution in [0.1, 0.15) is 47.9 Å². The fourth-order valence-corrected chi connectivity index (χ4v) is 2.68. The van der Waals surface area contributed by atoms with Gasteiger partial charge in [-0.05, 0) is 12.8 Å². The van der Waals surface area contributed by atoms with Crippen molar-refractivity contribution in [3.8, 4) is 0 Å². The lowest BCUT2D eigenvalue weighted by molar-refractivity contribution is 0.0683. The van der Waals surface area contributed by atoms with Crippen molar-refractivity contribution in [3.05, 3.63) is 17.7 Å². The van der Waals surface area contributed by atoms with Crippen LogP contribution >= 0.6 is 0 Å². The fraction of sp³-hybridized carbons (Fsp3) is 0.417. The quantitative estimate of drug-likeness (QED) is 0.750. The smallest absolute Gasteiger partial charge is 0.374 e. The Kier molecular flexibility index (Phi) is 2.43. The number of carboxylic acid groups (broad SMARTS) is 1. The third-order valence-corrected chi connectivity index (χ3v) is 3.52. The molecule has 1 fully saturated rings. The Hall–Kier alpha value is -2.11. The molecule has 6 nitrogen and oxygen atoms in total. The molecule has 94 valence electrons. The van der Waals surface area contributed by atoms with Gasteiger partial charge in [-0.2, -0.15) is 0 Å². The van der Waals surface area contributed by atoms with Crippen LogP contribution in [0.15, 0.2) is 6.20 Å². The zero-order valence-electron chi connectivity index (χ0n) is 9.81. The van der Waals surface area contributed by atoms with Crippen LogP contribution in [0.4, 0.5) is 5.69 Å². The van der Waals surface area contributed by atoms with E-state index in [0.29, 0.717) is 17.3 Å². The lowest BCUT2D eigenvalue weighted by Gasteiger charge is -2.10. The maximum atomic E-state index is 11.0. The molecule has 0 atom stereocenters. The van der Waals surface area contributed by atoms with Gasteiger partial charge in [-0.25, -0.2) is 14.8 Å². The van der Waals surface area contributed by atoms with Gasteiger partial charge in [-0.1, -0.05) is 12.8 Å². The van der Waals surface area contributed by atoms with Crippen LogP contribution in [-0.4, -0.2) is 26.0 Å².